The predicted molar refractivity (Wildman–Crippen MR) is 122 cm³/mol. The summed E-state index contributed by atoms with van der Waals surface area (Å²) < 4.78 is 12.3. The number of hydrogen-bond acceptors (Lipinski definition) is 8. The number of nitrogens with one attached hydrogen (secondary N) is 1. The van der Waals surface area contributed by atoms with Gasteiger partial charge in [-0.2, -0.15) is 0 Å². The number of esters is 1. The molecule has 1 N–H and O–H groups in total. The summed E-state index contributed by atoms with van der Waals surface area (Å²) in [7, 11) is 3.07. The Bertz CT molecular complexity index is 1100. The maximum Gasteiger partial charge on any atom is 0.340 e. The van der Waals surface area contributed by atoms with Crippen molar-refractivity contribution < 1.29 is 19.1 Å². The lowest BCUT2D eigenvalue weighted by Crippen LogP contribution is -2.16. The molecule has 0 saturated heterocycles. The minimum atomic E-state index is -0.504. The Morgan fingerprint density at radius 1 is 1.29 bits per heavy atom. The van der Waals surface area contributed by atoms with Gasteiger partial charge in [0.2, 0.25) is 5.91 Å². The van der Waals surface area contributed by atoms with Crippen molar-refractivity contribution in [2.24, 2.45) is 7.05 Å². The van der Waals surface area contributed by atoms with E-state index in [2.05, 4.69) is 15.5 Å². The highest BCUT2D eigenvalue weighted by Gasteiger charge is 2.20. The van der Waals surface area contributed by atoms with Crippen molar-refractivity contribution >= 4 is 63.2 Å². The van der Waals surface area contributed by atoms with Crippen molar-refractivity contribution in [1.29, 1.82) is 0 Å². The smallest absolute Gasteiger partial charge is 0.340 e. The SMILES string of the molecule is COC(=O)c1ccsc1NC(=O)CSc1nnc(C(C)Oc2cc(Cl)ccc2Cl)n1C. The summed E-state index contributed by atoms with van der Waals surface area (Å²) in [6.45, 7) is 1.81. The fraction of sp³-hybridized carbons (Fsp3) is 0.263. The molecule has 0 fully saturated rings. The van der Waals surface area contributed by atoms with Crippen LogP contribution in [0.5, 0.6) is 5.75 Å². The maximum absolute atomic E-state index is 12.3. The van der Waals surface area contributed by atoms with Gasteiger partial charge in [-0.25, -0.2) is 4.79 Å². The number of nitrogens with zero attached hydrogens (tertiary/aromatic N) is 3. The summed E-state index contributed by atoms with van der Waals surface area (Å²) in [5.41, 5.74) is 0.317. The minimum absolute atomic E-state index is 0.0832. The largest absolute Gasteiger partial charge is 0.481 e. The van der Waals surface area contributed by atoms with Gasteiger partial charge in [-0.05, 0) is 30.5 Å². The number of carbonyl (C=O) groups is 2. The summed E-state index contributed by atoms with van der Waals surface area (Å²) >= 11 is 14.6. The molecule has 1 atom stereocenters. The van der Waals surface area contributed by atoms with E-state index in [1.165, 1.54) is 30.2 Å². The van der Waals surface area contributed by atoms with Crippen LogP contribution in [0.3, 0.4) is 0 Å². The first kappa shape index (κ1) is 23.4. The third-order valence-electron chi connectivity index (χ3n) is 4.09. The Morgan fingerprint density at radius 2 is 2.06 bits per heavy atom. The van der Waals surface area contributed by atoms with E-state index in [1.807, 2.05) is 6.92 Å². The zero-order chi connectivity index (χ0) is 22.5. The number of methoxy groups -OCH3 is 1. The van der Waals surface area contributed by atoms with Crippen molar-refractivity contribution in [2.75, 3.05) is 18.2 Å². The second-order valence-corrected chi connectivity index (χ2v) is 8.93. The molecule has 1 amide bonds. The van der Waals surface area contributed by atoms with Gasteiger partial charge in [-0.1, -0.05) is 35.0 Å². The average Bonchev–Trinajstić information content (AvgIpc) is 3.35. The second-order valence-electron chi connectivity index (χ2n) is 6.23. The van der Waals surface area contributed by atoms with Crippen molar-refractivity contribution in [3.8, 4) is 5.75 Å². The van der Waals surface area contributed by atoms with Crippen LogP contribution in [0, 0.1) is 0 Å². The molecule has 0 spiro atoms. The lowest BCUT2D eigenvalue weighted by molar-refractivity contribution is -0.113. The van der Waals surface area contributed by atoms with Gasteiger partial charge in [0.05, 0.1) is 23.4 Å². The third-order valence-corrected chi connectivity index (χ3v) is 6.48. The van der Waals surface area contributed by atoms with E-state index in [4.69, 9.17) is 32.7 Å². The molecule has 164 valence electrons. The summed E-state index contributed by atoms with van der Waals surface area (Å²) in [5.74, 6) is 0.300. The summed E-state index contributed by atoms with van der Waals surface area (Å²) in [6, 6.07) is 6.56. The molecule has 0 aliphatic carbocycles. The molecule has 1 unspecified atom stereocenters. The Kier molecular flexibility index (Phi) is 7.82. The van der Waals surface area contributed by atoms with Crippen LogP contribution in [0.25, 0.3) is 0 Å². The van der Waals surface area contributed by atoms with Gasteiger partial charge in [-0.3, -0.25) is 4.79 Å². The number of rotatable bonds is 8. The predicted octanol–water partition coefficient (Wildman–Crippen LogP) is 4.84. The molecule has 2 aromatic heterocycles. The summed E-state index contributed by atoms with van der Waals surface area (Å²) in [6.07, 6.45) is -0.453. The molecule has 0 saturated carbocycles. The van der Waals surface area contributed by atoms with Crippen molar-refractivity contribution in [3.63, 3.8) is 0 Å². The minimum Gasteiger partial charge on any atom is -0.481 e. The fourth-order valence-electron chi connectivity index (χ4n) is 2.59. The first-order valence-electron chi connectivity index (χ1n) is 8.89. The lowest BCUT2D eigenvalue weighted by atomic mass is 10.3. The van der Waals surface area contributed by atoms with E-state index < -0.39 is 12.1 Å². The van der Waals surface area contributed by atoms with Crippen molar-refractivity contribution in [3.05, 3.63) is 51.1 Å². The zero-order valence-corrected chi connectivity index (χ0v) is 19.9. The molecule has 1 aromatic carbocycles. The number of thiophene rings is 1. The maximum atomic E-state index is 12.3. The van der Waals surface area contributed by atoms with Gasteiger partial charge < -0.3 is 19.4 Å². The highest BCUT2D eigenvalue weighted by atomic mass is 35.5. The molecule has 8 nitrogen and oxygen atoms in total. The first-order chi connectivity index (χ1) is 14.8. The van der Waals surface area contributed by atoms with Crippen molar-refractivity contribution in [2.45, 2.75) is 18.2 Å². The molecular formula is C19H18Cl2N4O4S2. The Balaban J connectivity index is 1.61. The van der Waals surface area contributed by atoms with Crippen LogP contribution in [0.4, 0.5) is 5.00 Å². The van der Waals surface area contributed by atoms with E-state index in [-0.39, 0.29) is 11.7 Å². The first-order valence-corrected chi connectivity index (χ1v) is 11.5. The van der Waals surface area contributed by atoms with Crippen LogP contribution in [-0.2, 0) is 16.6 Å². The number of thioether (sulfide) groups is 1. The lowest BCUT2D eigenvalue weighted by Gasteiger charge is -2.15. The van der Waals surface area contributed by atoms with Crippen LogP contribution in [0.15, 0.2) is 34.8 Å². The normalized spacial score (nSPS) is 11.8. The molecule has 31 heavy (non-hydrogen) atoms. The van der Waals surface area contributed by atoms with Crippen LogP contribution in [-0.4, -0.2) is 39.5 Å². The number of anilines is 1. The van der Waals surface area contributed by atoms with Gasteiger partial charge in [0.15, 0.2) is 17.1 Å². The monoisotopic (exact) mass is 500 g/mol. The molecule has 0 radical (unpaired) electrons. The fourth-order valence-corrected chi connectivity index (χ4v) is 4.42. The molecule has 0 aliphatic heterocycles. The standard InChI is InChI=1S/C19H18Cl2N4O4S2/c1-10(29-14-8-11(20)4-5-13(14)21)16-23-24-19(25(16)2)31-9-15(26)22-17-12(6-7-30-17)18(27)28-3/h4-8,10H,9H2,1-3H3,(H,22,26). The highest BCUT2D eigenvalue weighted by Crippen LogP contribution is 2.32. The molecule has 3 rings (SSSR count). The third kappa shape index (κ3) is 5.70. The number of carbonyl (C=O) groups excluding carboxylic acids is 2. The molecule has 12 heteroatoms. The molecule has 3 aromatic rings. The van der Waals surface area contributed by atoms with Gasteiger partial charge in [0.25, 0.3) is 0 Å². The van der Waals surface area contributed by atoms with E-state index in [9.17, 15) is 9.59 Å². The van der Waals surface area contributed by atoms with E-state index in [0.29, 0.717) is 37.3 Å². The molecular weight excluding hydrogens is 483 g/mol. The second kappa shape index (κ2) is 10.4. The number of aromatic nitrogens is 3. The van der Waals surface area contributed by atoms with Crippen LogP contribution in [0.1, 0.15) is 29.2 Å². The number of benzene rings is 1. The highest BCUT2D eigenvalue weighted by molar-refractivity contribution is 7.99. The molecule has 0 bridgehead atoms. The number of ether oxygens (including phenoxy) is 2. The average molecular weight is 501 g/mol. The summed E-state index contributed by atoms with van der Waals surface area (Å²) in [5, 5.41) is 14.6. The zero-order valence-electron chi connectivity index (χ0n) is 16.7. The van der Waals surface area contributed by atoms with Crippen molar-refractivity contribution in [1.82, 2.24) is 14.8 Å². The molecule has 2 heterocycles. The summed E-state index contributed by atoms with van der Waals surface area (Å²) in [4.78, 5) is 24.0. The van der Waals surface area contributed by atoms with E-state index in [0.717, 1.165) is 0 Å². The Labute approximate surface area is 196 Å². The van der Waals surface area contributed by atoms with E-state index >= 15 is 0 Å². The van der Waals surface area contributed by atoms with Gasteiger partial charge in [0, 0.05) is 18.1 Å². The van der Waals surface area contributed by atoms with Gasteiger partial charge in [-0.15, -0.1) is 21.5 Å². The van der Waals surface area contributed by atoms with E-state index in [1.54, 1.807) is 41.3 Å². The number of halogens is 2. The quantitative estimate of drug-likeness (QED) is 0.349. The van der Waals surface area contributed by atoms with Gasteiger partial charge in [0.1, 0.15) is 10.8 Å². The number of hydrogen-bond donors (Lipinski definition) is 1. The van der Waals surface area contributed by atoms with Crippen LogP contribution >= 0.6 is 46.3 Å². The van der Waals surface area contributed by atoms with Crippen LogP contribution < -0.4 is 10.1 Å². The number of amides is 1. The Hall–Kier alpha value is -2.27. The van der Waals surface area contributed by atoms with Crippen LogP contribution in [0.2, 0.25) is 10.0 Å². The van der Waals surface area contributed by atoms with Gasteiger partial charge >= 0.3 is 5.97 Å². The molecule has 0 aliphatic rings. The Morgan fingerprint density at radius 3 is 2.81 bits per heavy atom. The topological polar surface area (TPSA) is 95.3 Å².